The largest absolute Gasteiger partial charge is 0.479 e. The van der Waals surface area contributed by atoms with Crippen molar-refractivity contribution < 1.29 is 58.6 Å². The van der Waals surface area contributed by atoms with Crippen molar-refractivity contribution in [2.75, 3.05) is 26.4 Å². The minimum Gasteiger partial charge on any atom is -0.479 e. The number of benzene rings is 2. The predicted molar refractivity (Wildman–Crippen MR) is 128 cm³/mol. The van der Waals surface area contributed by atoms with Crippen LogP contribution in [-0.2, 0) is 19.2 Å². The second-order valence-corrected chi connectivity index (χ2v) is 9.49. The zero-order valence-electron chi connectivity index (χ0n) is 18.6. The molecule has 0 bridgehead atoms. The van der Waals surface area contributed by atoms with Gasteiger partial charge in [0.1, 0.15) is 0 Å². The Morgan fingerprint density at radius 1 is 0.595 bits per heavy atom. The molecule has 2 aromatic rings. The van der Waals surface area contributed by atoms with Crippen LogP contribution in [0.4, 0.5) is 0 Å². The topological polar surface area (TPSA) is 186 Å². The van der Waals surface area contributed by atoms with Crippen molar-refractivity contribution in [3.8, 4) is 23.0 Å². The van der Waals surface area contributed by atoms with Crippen LogP contribution in [0.15, 0.2) is 36.4 Å². The lowest BCUT2D eigenvalue weighted by Gasteiger charge is -2.27. The molecule has 0 radical (unpaired) electrons. The lowest BCUT2D eigenvalue weighted by Crippen LogP contribution is -2.20. The number of ether oxygens (including phenoxy) is 4. The molecule has 0 saturated heterocycles. The Morgan fingerprint density at radius 2 is 0.892 bits per heavy atom. The molecule has 0 atom stereocenters. The molecule has 15 heteroatoms. The predicted octanol–water partition coefficient (Wildman–Crippen LogP) is 3.04. The zero-order chi connectivity index (χ0) is 27.8. The van der Waals surface area contributed by atoms with E-state index in [2.05, 4.69) is 0 Å². The third kappa shape index (κ3) is 9.41. The Morgan fingerprint density at radius 3 is 1.16 bits per heavy atom. The van der Waals surface area contributed by atoms with Crippen LogP contribution in [0.3, 0.4) is 0 Å². The molecule has 2 aromatic carbocycles. The van der Waals surface area contributed by atoms with E-state index in [0.717, 1.165) is 0 Å². The van der Waals surface area contributed by atoms with E-state index in [0.29, 0.717) is 0 Å². The van der Waals surface area contributed by atoms with Crippen molar-refractivity contribution in [1.29, 1.82) is 0 Å². The minimum absolute atomic E-state index is 0.0848. The number of carboxylic acids is 4. The number of aliphatic carboxylic acids is 4. The van der Waals surface area contributed by atoms with Crippen LogP contribution < -0.4 is 18.9 Å². The van der Waals surface area contributed by atoms with Crippen molar-refractivity contribution in [3.05, 3.63) is 47.5 Å². The van der Waals surface area contributed by atoms with Gasteiger partial charge in [-0.1, -0.05) is 46.9 Å². The highest BCUT2D eigenvalue weighted by Gasteiger charge is 2.36. The highest BCUT2D eigenvalue weighted by atomic mass is 35.6. The first kappa shape index (κ1) is 29.6. The molecule has 0 aliphatic heterocycles. The van der Waals surface area contributed by atoms with Crippen LogP contribution in [0, 0.1) is 0 Å². The van der Waals surface area contributed by atoms with Gasteiger partial charge in [0.05, 0.1) is 5.92 Å². The molecule has 12 nitrogen and oxygen atoms in total. The summed E-state index contributed by atoms with van der Waals surface area (Å²) in [7, 11) is 0. The average Bonchev–Trinajstić information content (AvgIpc) is 2.78. The van der Waals surface area contributed by atoms with E-state index in [4.69, 9.17) is 74.2 Å². The molecule has 0 aliphatic carbocycles. The van der Waals surface area contributed by atoms with Crippen molar-refractivity contribution >= 4 is 58.7 Å². The van der Waals surface area contributed by atoms with E-state index in [1.165, 1.54) is 36.4 Å². The monoisotopic (exact) mass is 580 g/mol. The smallest absolute Gasteiger partial charge is 0.341 e. The summed E-state index contributed by atoms with van der Waals surface area (Å²) in [6, 6.07) is 8.02. The Labute approximate surface area is 223 Å². The Bertz CT molecular complexity index is 1080. The van der Waals surface area contributed by atoms with E-state index >= 15 is 0 Å². The van der Waals surface area contributed by atoms with Gasteiger partial charge in [-0.05, 0) is 35.4 Å². The lowest BCUT2D eigenvalue weighted by atomic mass is 9.92. The van der Waals surface area contributed by atoms with Gasteiger partial charge >= 0.3 is 23.9 Å². The van der Waals surface area contributed by atoms with Crippen molar-refractivity contribution in [2.24, 2.45) is 0 Å². The van der Waals surface area contributed by atoms with Gasteiger partial charge in [0.15, 0.2) is 49.4 Å². The minimum atomic E-state index is -2.04. The van der Waals surface area contributed by atoms with Crippen LogP contribution in [0.1, 0.15) is 17.0 Å². The van der Waals surface area contributed by atoms with Gasteiger partial charge in [-0.2, -0.15) is 0 Å². The van der Waals surface area contributed by atoms with Crippen LogP contribution in [-0.4, -0.2) is 74.5 Å². The van der Waals surface area contributed by atoms with E-state index < -0.39 is 60.0 Å². The summed E-state index contributed by atoms with van der Waals surface area (Å²) in [5, 5.41) is 35.7. The van der Waals surface area contributed by atoms with Gasteiger partial charge in [0.2, 0.25) is 3.79 Å². The van der Waals surface area contributed by atoms with Gasteiger partial charge in [-0.15, -0.1) is 0 Å². The molecule has 0 amide bonds. The molecule has 2 rings (SSSR count). The van der Waals surface area contributed by atoms with Crippen molar-refractivity contribution in [1.82, 2.24) is 0 Å². The summed E-state index contributed by atoms with van der Waals surface area (Å²) in [6.07, 6.45) is 0. The Balaban J connectivity index is 2.57. The van der Waals surface area contributed by atoms with Gasteiger partial charge < -0.3 is 39.4 Å². The van der Waals surface area contributed by atoms with Crippen LogP contribution in [0.2, 0.25) is 0 Å². The summed E-state index contributed by atoms with van der Waals surface area (Å²) in [5.74, 6) is -6.77. The van der Waals surface area contributed by atoms with E-state index in [1.807, 2.05) is 0 Å². The normalized spacial score (nSPS) is 11.0. The van der Waals surface area contributed by atoms with E-state index in [1.54, 1.807) is 0 Å². The molecule has 0 fully saturated rings. The summed E-state index contributed by atoms with van der Waals surface area (Å²) in [6.45, 7) is -3.04. The molecule has 4 N–H and O–H groups in total. The summed E-state index contributed by atoms with van der Waals surface area (Å²) < 4.78 is 18.7. The molecule has 37 heavy (non-hydrogen) atoms. The highest BCUT2D eigenvalue weighted by molar-refractivity contribution is 6.68. The second-order valence-electron chi connectivity index (χ2n) is 7.12. The number of hydrogen-bond acceptors (Lipinski definition) is 8. The van der Waals surface area contributed by atoms with Gasteiger partial charge in [-0.25, -0.2) is 19.2 Å². The second kappa shape index (κ2) is 13.1. The van der Waals surface area contributed by atoms with Crippen molar-refractivity contribution in [3.63, 3.8) is 0 Å². The molecular weight excluding hydrogens is 563 g/mol. The number of alkyl halides is 3. The third-order valence-corrected chi connectivity index (χ3v) is 4.99. The van der Waals surface area contributed by atoms with Crippen LogP contribution in [0.25, 0.3) is 0 Å². The maximum Gasteiger partial charge on any atom is 0.341 e. The quantitative estimate of drug-likeness (QED) is 0.239. The highest BCUT2D eigenvalue weighted by Crippen LogP contribution is 2.48. The first-order chi connectivity index (χ1) is 17.3. The summed E-state index contributed by atoms with van der Waals surface area (Å²) in [5.41, 5.74) is 0.512. The van der Waals surface area contributed by atoms with E-state index in [9.17, 15) is 19.2 Å². The number of carboxylic acid groups (broad SMARTS) is 4. The first-order valence-corrected chi connectivity index (χ1v) is 11.1. The van der Waals surface area contributed by atoms with Crippen LogP contribution >= 0.6 is 34.8 Å². The fourth-order valence-electron chi connectivity index (χ4n) is 3.00. The summed E-state index contributed by atoms with van der Waals surface area (Å²) in [4.78, 5) is 43.7. The van der Waals surface area contributed by atoms with Gasteiger partial charge in [0, 0.05) is 0 Å². The molecule has 0 saturated carbocycles. The number of rotatable bonds is 14. The molecular formula is C22H19Cl3O12. The van der Waals surface area contributed by atoms with Gasteiger partial charge in [-0.3, -0.25) is 0 Å². The summed E-state index contributed by atoms with van der Waals surface area (Å²) >= 11 is 18.8. The molecule has 0 heterocycles. The van der Waals surface area contributed by atoms with Gasteiger partial charge in [0.25, 0.3) is 0 Å². The third-order valence-electron chi connectivity index (χ3n) is 4.33. The number of hydrogen-bond donors (Lipinski definition) is 4. The number of carbonyl (C=O) groups is 4. The van der Waals surface area contributed by atoms with Crippen LogP contribution in [0.5, 0.6) is 23.0 Å². The fourth-order valence-corrected chi connectivity index (χ4v) is 3.76. The molecule has 0 aliphatic rings. The molecule has 0 unspecified atom stereocenters. The molecule has 0 spiro atoms. The fraction of sp³-hybridized carbons (Fsp3) is 0.273. The number of halogens is 3. The lowest BCUT2D eigenvalue weighted by molar-refractivity contribution is -0.140. The van der Waals surface area contributed by atoms with Crippen molar-refractivity contribution in [2.45, 2.75) is 9.71 Å². The average molecular weight is 582 g/mol. The molecule has 0 aromatic heterocycles. The zero-order valence-corrected chi connectivity index (χ0v) is 20.8. The first-order valence-electron chi connectivity index (χ1n) is 10.0. The maximum atomic E-state index is 11.0. The Hall–Kier alpha value is -3.61. The van der Waals surface area contributed by atoms with E-state index in [-0.39, 0.29) is 34.1 Å². The Kier molecular flexibility index (Phi) is 10.5. The maximum absolute atomic E-state index is 11.0. The standard InChI is InChI=1S/C22H19Cl3O12/c23-22(24,25)21(11-1-3-13(34-7-17(26)27)15(5-11)36-9-19(30)31)12-2-4-14(35-8-18(28)29)16(6-12)37-10-20(32)33/h1-6,21H,7-10H2,(H,26,27)(H,28,29)(H,30,31)(H,32,33). The molecule has 200 valence electrons. The SMILES string of the molecule is O=C(O)COc1ccc(C(c2ccc(OCC(=O)O)c(OCC(=O)O)c2)C(Cl)(Cl)Cl)cc1OCC(=O)O.